The van der Waals surface area contributed by atoms with Gasteiger partial charge >= 0.3 is 0 Å². The summed E-state index contributed by atoms with van der Waals surface area (Å²) in [5.74, 6) is 1.92. The van der Waals surface area contributed by atoms with Crippen LogP contribution in [0.25, 0.3) is 0 Å². The number of carbonyl (C=O) groups excluding carboxylic acids is 1. The smallest absolute Gasteiger partial charge is 0.258 e. The molecule has 1 aliphatic heterocycles. The van der Waals surface area contributed by atoms with Crippen LogP contribution in [-0.4, -0.2) is 45.9 Å². The van der Waals surface area contributed by atoms with Crippen molar-refractivity contribution in [1.82, 2.24) is 5.32 Å². The van der Waals surface area contributed by atoms with Gasteiger partial charge in [-0.1, -0.05) is 12.1 Å². The van der Waals surface area contributed by atoms with E-state index in [1.54, 1.807) is 14.2 Å². The summed E-state index contributed by atoms with van der Waals surface area (Å²) in [5.41, 5.74) is 2.26. The van der Waals surface area contributed by atoms with Gasteiger partial charge in [0.1, 0.15) is 5.75 Å². The largest absolute Gasteiger partial charge is 0.497 e. The first-order valence-electron chi connectivity index (χ1n) is 10.2. The van der Waals surface area contributed by atoms with Gasteiger partial charge in [0.2, 0.25) is 0 Å². The van der Waals surface area contributed by atoms with E-state index < -0.39 is 0 Å². The number of piperidine rings is 1. The number of nitrogens with one attached hydrogen (secondary N) is 1. The summed E-state index contributed by atoms with van der Waals surface area (Å²) in [6.45, 7) is 5.51. The van der Waals surface area contributed by atoms with Crippen LogP contribution in [0.5, 0.6) is 17.2 Å². The molecule has 1 saturated heterocycles. The average Bonchev–Trinajstić information content (AvgIpc) is 2.79. The second kappa shape index (κ2) is 10.6. The van der Waals surface area contributed by atoms with Crippen molar-refractivity contribution < 1.29 is 19.0 Å². The number of hydrogen-bond donors (Lipinski definition) is 1. The zero-order chi connectivity index (χ0) is 21.3. The van der Waals surface area contributed by atoms with Gasteiger partial charge in [0.15, 0.2) is 18.1 Å². The van der Waals surface area contributed by atoms with Crippen molar-refractivity contribution >= 4 is 11.6 Å². The molecule has 160 valence electrons. The molecular formula is C24H30N2O4. The topological polar surface area (TPSA) is 60.0 Å². The molecule has 6 heteroatoms. The van der Waals surface area contributed by atoms with E-state index in [-0.39, 0.29) is 18.6 Å². The third-order valence-corrected chi connectivity index (χ3v) is 5.26. The number of methoxy groups -OCH3 is 2. The molecule has 2 aromatic rings. The molecule has 0 radical (unpaired) electrons. The van der Waals surface area contributed by atoms with Crippen molar-refractivity contribution in [3.8, 4) is 17.2 Å². The predicted molar refractivity (Wildman–Crippen MR) is 119 cm³/mol. The molecule has 6 nitrogen and oxygen atoms in total. The molecule has 0 unspecified atom stereocenters. The summed E-state index contributed by atoms with van der Waals surface area (Å²) in [6.07, 6.45) is 4.39. The standard InChI is InChI=1S/C24H30N2O4/c1-4-5-18-6-11-22(23(16-18)29-3)30-17-24(27)25-19-12-14-26(15-13-19)20-7-9-21(28-2)10-8-20/h4,6-11,16,19H,1,5,12-15,17H2,2-3H3,(H,25,27). The minimum absolute atomic E-state index is 0.0319. The van der Waals surface area contributed by atoms with Gasteiger partial charge in [-0.05, 0) is 61.2 Å². The van der Waals surface area contributed by atoms with Gasteiger partial charge in [-0.15, -0.1) is 6.58 Å². The average molecular weight is 411 g/mol. The highest BCUT2D eigenvalue weighted by molar-refractivity contribution is 5.78. The summed E-state index contributed by atoms with van der Waals surface area (Å²) in [7, 11) is 3.26. The Morgan fingerprint density at radius 3 is 2.47 bits per heavy atom. The number of carbonyl (C=O) groups is 1. The van der Waals surface area contributed by atoms with E-state index in [1.807, 2.05) is 36.4 Å². The van der Waals surface area contributed by atoms with Crippen LogP contribution >= 0.6 is 0 Å². The number of benzene rings is 2. The molecule has 0 atom stereocenters. The third-order valence-electron chi connectivity index (χ3n) is 5.26. The van der Waals surface area contributed by atoms with Crippen LogP contribution in [-0.2, 0) is 11.2 Å². The second-order valence-electron chi connectivity index (χ2n) is 7.29. The van der Waals surface area contributed by atoms with Crippen molar-refractivity contribution in [2.75, 3.05) is 38.8 Å². The quantitative estimate of drug-likeness (QED) is 0.640. The van der Waals surface area contributed by atoms with Crippen LogP contribution in [0.3, 0.4) is 0 Å². The molecule has 0 aliphatic carbocycles. The zero-order valence-electron chi connectivity index (χ0n) is 17.7. The molecule has 30 heavy (non-hydrogen) atoms. The molecular weight excluding hydrogens is 380 g/mol. The molecule has 1 fully saturated rings. The van der Waals surface area contributed by atoms with E-state index in [2.05, 4.69) is 28.9 Å². The van der Waals surface area contributed by atoms with Crippen molar-refractivity contribution in [2.24, 2.45) is 0 Å². The summed E-state index contributed by atoms with van der Waals surface area (Å²) in [5, 5.41) is 3.08. The van der Waals surface area contributed by atoms with Gasteiger partial charge in [0, 0.05) is 24.8 Å². The maximum atomic E-state index is 12.4. The summed E-state index contributed by atoms with van der Waals surface area (Å²) in [4.78, 5) is 14.7. The van der Waals surface area contributed by atoms with E-state index >= 15 is 0 Å². The number of amides is 1. The first kappa shape index (κ1) is 21.6. The molecule has 2 aromatic carbocycles. The Kier molecular flexibility index (Phi) is 7.60. The first-order valence-corrected chi connectivity index (χ1v) is 10.2. The van der Waals surface area contributed by atoms with Gasteiger partial charge in [0.25, 0.3) is 5.91 Å². The van der Waals surface area contributed by atoms with Crippen LogP contribution < -0.4 is 24.4 Å². The normalized spacial score (nSPS) is 14.1. The summed E-state index contributed by atoms with van der Waals surface area (Å²) < 4.78 is 16.3. The second-order valence-corrected chi connectivity index (χ2v) is 7.29. The Labute approximate surface area is 178 Å². The van der Waals surface area contributed by atoms with E-state index in [0.29, 0.717) is 11.5 Å². The lowest BCUT2D eigenvalue weighted by Crippen LogP contribution is -2.46. The van der Waals surface area contributed by atoms with Crippen molar-refractivity contribution in [1.29, 1.82) is 0 Å². The van der Waals surface area contributed by atoms with Gasteiger partial charge in [-0.2, -0.15) is 0 Å². The summed E-state index contributed by atoms with van der Waals surface area (Å²) in [6, 6.07) is 13.9. The molecule has 1 N–H and O–H groups in total. The zero-order valence-corrected chi connectivity index (χ0v) is 17.7. The Balaban J connectivity index is 1.45. The number of ether oxygens (including phenoxy) is 3. The highest BCUT2D eigenvalue weighted by Gasteiger charge is 2.21. The van der Waals surface area contributed by atoms with E-state index in [1.165, 1.54) is 5.69 Å². The molecule has 0 spiro atoms. The van der Waals surface area contributed by atoms with Crippen molar-refractivity contribution in [3.63, 3.8) is 0 Å². The minimum Gasteiger partial charge on any atom is -0.497 e. The van der Waals surface area contributed by atoms with Gasteiger partial charge < -0.3 is 24.4 Å². The molecule has 0 bridgehead atoms. The van der Waals surface area contributed by atoms with E-state index in [9.17, 15) is 4.79 Å². The Bertz CT molecular complexity index is 843. The van der Waals surface area contributed by atoms with Crippen LogP contribution in [0.2, 0.25) is 0 Å². The van der Waals surface area contributed by atoms with Crippen molar-refractivity contribution in [2.45, 2.75) is 25.3 Å². The van der Waals surface area contributed by atoms with Crippen LogP contribution in [0.15, 0.2) is 55.1 Å². The van der Waals surface area contributed by atoms with Crippen molar-refractivity contribution in [3.05, 3.63) is 60.7 Å². The Hall–Kier alpha value is -3.15. The van der Waals surface area contributed by atoms with Crippen LogP contribution in [0.4, 0.5) is 5.69 Å². The lowest BCUT2D eigenvalue weighted by molar-refractivity contribution is -0.123. The molecule has 0 aromatic heterocycles. The SMILES string of the molecule is C=CCc1ccc(OCC(=O)NC2CCN(c3ccc(OC)cc3)CC2)c(OC)c1. The monoisotopic (exact) mass is 410 g/mol. The number of anilines is 1. The van der Waals surface area contributed by atoms with E-state index in [0.717, 1.165) is 43.7 Å². The van der Waals surface area contributed by atoms with Gasteiger partial charge in [0.05, 0.1) is 14.2 Å². The fourth-order valence-corrected chi connectivity index (χ4v) is 3.61. The van der Waals surface area contributed by atoms with Crippen LogP contribution in [0.1, 0.15) is 18.4 Å². The van der Waals surface area contributed by atoms with Gasteiger partial charge in [-0.3, -0.25) is 4.79 Å². The highest BCUT2D eigenvalue weighted by Crippen LogP contribution is 2.28. The molecule has 0 saturated carbocycles. The number of allylic oxidation sites excluding steroid dienone is 1. The Morgan fingerprint density at radius 2 is 1.83 bits per heavy atom. The third kappa shape index (κ3) is 5.69. The number of rotatable bonds is 9. The number of hydrogen-bond acceptors (Lipinski definition) is 5. The van der Waals surface area contributed by atoms with Gasteiger partial charge in [-0.25, -0.2) is 0 Å². The number of nitrogens with zero attached hydrogens (tertiary/aromatic N) is 1. The molecule has 1 heterocycles. The highest BCUT2D eigenvalue weighted by atomic mass is 16.5. The lowest BCUT2D eigenvalue weighted by atomic mass is 10.0. The molecule has 1 amide bonds. The fourth-order valence-electron chi connectivity index (χ4n) is 3.61. The molecule has 3 rings (SSSR count). The van der Waals surface area contributed by atoms with E-state index in [4.69, 9.17) is 14.2 Å². The lowest BCUT2D eigenvalue weighted by Gasteiger charge is -2.34. The van der Waals surface area contributed by atoms with Crippen LogP contribution in [0, 0.1) is 0 Å². The maximum absolute atomic E-state index is 12.4. The first-order chi connectivity index (χ1) is 14.6. The fraction of sp³-hybridized carbons (Fsp3) is 0.375. The molecule has 1 aliphatic rings. The summed E-state index contributed by atoms with van der Waals surface area (Å²) >= 11 is 0. The Morgan fingerprint density at radius 1 is 1.10 bits per heavy atom. The maximum Gasteiger partial charge on any atom is 0.258 e. The predicted octanol–water partition coefficient (Wildman–Crippen LogP) is 3.60. The minimum atomic E-state index is -0.116.